The molecule has 0 saturated heterocycles. The molecule has 0 spiro atoms. The highest BCUT2D eigenvalue weighted by atomic mass is 16.2. The second kappa shape index (κ2) is 8.90. The second-order valence-corrected chi connectivity index (χ2v) is 6.34. The van der Waals surface area contributed by atoms with Crippen LogP contribution in [0.4, 0.5) is 11.5 Å². The van der Waals surface area contributed by atoms with Crippen molar-refractivity contribution in [3.8, 4) is 11.4 Å². The first-order valence-corrected chi connectivity index (χ1v) is 9.17. The van der Waals surface area contributed by atoms with Gasteiger partial charge in [-0.2, -0.15) is 0 Å². The first kappa shape index (κ1) is 19.2. The number of anilines is 2. The SMILES string of the molecule is CCCNc1cc(C(=O)Nc2ccc(C(C)=O)cc2)nc(-c2ccccc2)n1. The number of hydrogen-bond acceptors (Lipinski definition) is 5. The number of rotatable bonds is 7. The molecule has 0 radical (unpaired) electrons. The monoisotopic (exact) mass is 374 g/mol. The van der Waals surface area contributed by atoms with Gasteiger partial charge in [-0.1, -0.05) is 37.3 Å². The summed E-state index contributed by atoms with van der Waals surface area (Å²) in [5, 5.41) is 6.03. The Morgan fingerprint density at radius 3 is 2.32 bits per heavy atom. The van der Waals surface area contributed by atoms with Crippen LogP contribution in [-0.2, 0) is 0 Å². The lowest BCUT2D eigenvalue weighted by Crippen LogP contribution is -2.16. The van der Waals surface area contributed by atoms with Gasteiger partial charge in [0, 0.05) is 29.4 Å². The van der Waals surface area contributed by atoms with E-state index in [1.807, 2.05) is 30.3 Å². The highest BCUT2D eigenvalue weighted by molar-refractivity contribution is 6.04. The van der Waals surface area contributed by atoms with Crippen molar-refractivity contribution in [1.29, 1.82) is 0 Å². The van der Waals surface area contributed by atoms with Crippen molar-refractivity contribution >= 4 is 23.2 Å². The Balaban J connectivity index is 1.88. The topological polar surface area (TPSA) is 84.0 Å². The molecule has 142 valence electrons. The van der Waals surface area contributed by atoms with Crippen LogP contribution >= 0.6 is 0 Å². The molecule has 3 rings (SSSR count). The third-order valence-corrected chi connectivity index (χ3v) is 4.10. The quantitative estimate of drug-likeness (QED) is 0.598. The fourth-order valence-corrected chi connectivity index (χ4v) is 2.61. The van der Waals surface area contributed by atoms with Crippen LogP contribution in [0.15, 0.2) is 60.7 Å². The number of hydrogen-bond donors (Lipinski definition) is 2. The molecule has 2 aromatic carbocycles. The van der Waals surface area contributed by atoms with Crippen LogP contribution < -0.4 is 10.6 Å². The number of amides is 1. The molecule has 0 bridgehead atoms. The van der Waals surface area contributed by atoms with Gasteiger partial charge >= 0.3 is 0 Å². The highest BCUT2D eigenvalue weighted by Gasteiger charge is 2.13. The minimum atomic E-state index is -0.338. The summed E-state index contributed by atoms with van der Waals surface area (Å²) in [7, 11) is 0. The van der Waals surface area contributed by atoms with Crippen LogP contribution in [0.1, 0.15) is 41.1 Å². The molecule has 0 unspecified atom stereocenters. The molecule has 0 fully saturated rings. The fraction of sp³-hybridized carbons (Fsp3) is 0.182. The Morgan fingerprint density at radius 2 is 1.68 bits per heavy atom. The van der Waals surface area contributed by atoms with E-state index in [2.05, 4.69) is 27.5 Å². The third-order valence-electron chi connectivity index (χ3n) is 4.10. The van der Waals surface area contributed by atoms with Gasteiger partial charge in [0.25, 0.3) is 5.91 Å². The molecule has 0 aliphatic heterocycles. The largest absolute Gasteiger partial charge is 0.370 e. The number of ketones is 1. The molecule has 6 nitrogen and oxygen atoms in total. The van der Waals surface area contributed by atoms with Gasteiger partial charge in [0.15, 0.2) is 11.6 Å². The van der Waals surface area contributed by atoms with Crippen LogP contribution in [0.5, 0.6) is 0 Å². The van der Waals surface area contributed by atoms with Crippen molar-refractivity contribution in [1.82, 2.24) is 9.97 Å². The van der Waals surface area contributed by atoms with E-state index in [1.54, 1.807) is 30.3 Å². The summed E-state index contributed by atoms with van der Waals surface area (Å²) in [6, 6.07) is 17.9. The Hall–Kier alpha value is -3.54. The number of benzene rings is 2. The van der Waals surface area contributed by atoms with Gasteiger partial charge in [0.1, 0.15) is 11.5 Å². The lowest BCUT2D eigenvalue weighted by Gasteiger charge is -2.10. The van der Waals surface area contributed by atoms with Gasteiger partial charge in [0.2, 0.25) is 0 Å². The average molecular weight is 374 g/mol. The van der Waals surface area contributed by atoms with Crippen molar-refractivity contribution in [2.24, 2.45) is 0 Å². The summed E-state index contributed by atoms with van der Waals surface area (Å²) in [4.78, 5) is 33.1. The Kier molecular flexibility index (Phi) is 6.11. The minimum Gasteiger partial charge on any atom is -0.370 e. The van der Waals surface area contributed by atoms with Crippen LogP contribution in [0.3, 0.4) is 0 Å². The number of nitrogens with one attached hydrogen (secondary N) is 2. The van der Waals surface area contributed by atoms with Crippen molar-refractivity contribution in [3.63, 3.8) is 0 Å². The van der Waals surface area contributed by atoms with E-state index in [4.69, 9.17) is 0 Å². The Labute approximate surface area is 164 Å². The summed E-state index contributed by atoms with van der Waals surface area (Å²) in [6.45, 7) is 4.31. The molecule has 1 aromatic heterocycles. The number of nitrogens with zero attached hydrogens (tertiary/aromatic N) is 2. The third kappa shape index (κ3) is 4.79. The molecule has 2 N–H and O–H groups in total. The zero-order chi connectivity index (χ0) is 19.9. The first-order valence-electron chi connectivity index (χ1n) is 9.17. The van der Waals surface area contributed by atoms with Crippen molar-refractivity contribution < 1.29 is 9.59 Å². The molecule has 6 heteroatoms. The number of aromatic nitrogens is 2. The maximum atomic E-state index is 12.7. The van der Waals surface area contributed by atoms with Crippen LogP contribution in [-0.4, -0.2) is 28.2 Å². The molecule has 1 amide bonds. The van der Waals surface area contributed by atoms with Gasteiger partial charge < -0.3 is 10.6 Å². The fourth-order valence-electron chi connectivity index (χ4n) is 2.61. The lowest BCUT2D eigenvalue weighted by atomic mass is 10.1. The minimum absolute atomic E-state index is 0.0205. The zero-order valence-electron chi connectivity index (χ0n) is 15.9. The van der Waals surface area contributed by atoms with E-state index in [-0.39, 0.29) is 17.4 Å². The summed E-state index contributed by atoms with van der Waals surface area (Å²) >= 11 is 0. The van der Waals surface area contributed by atoms with Crippen molar-refractivity contribution in [2.45, 2.75) is 20.3 Å². The van der Waals surface area contributed by atoms with E-state index >= 15 is 0 Å². The Bertz CT molecular complexity index is 970. The molecule has 1 heterocycles. The number of carbonyl (C=O) groups excluding carboxylic acids is 2. The number of carbonyl (C=O) groups is 2. The normalized spacial score (nSPS) is 10.4. The maximum Gasteiger partial charge on any atom is 0.274 e. The summed E-state index contributed by atoms with van der Waals surface area (Å²) in [5.74, 6) is 0.731. The van der Waals surface area contributed by atoms with Gasteiger partial charge in [-0.15, -0.1) is 0 Å². The average Bonchev–Trinajstić information content (AvgIpc) is 2.73. The van der Waals surface area contributed by atoms with E-state index < -0.39 is 0 Å². The smallest absolute Gasteiger partial charge is 0.274 e. The summed E-state index contributed by atoms with van der Waals surface area (Å²) in [5.41, 5.74) is 2.29. The predicted octanol–water partition coefficient (Wildman–Crippen LogP) is 4.42. The molecule has 0 aliphatic carbocycles. The molecule has 0 atom stereocenters. The van der Waals surface area contributed by atoms with Gasteiger partial charge in [-0.05, 0) is 37.6 Å². The van der Waals surface area contributed by atoms with Crippen LogP contribution in [0.2, 0.25) is 0 Å². The zero-order valence-corrected chi connectivity index (χ0v) is 15.9. The van der Waals surface area contributed by atoms with E-state index in [9.17, 15) is 9.59 Å². The predicted molar refractivity (Wildman–Crippen MR) is 111 cm³/mol. The first-order chi connectivity index (χ1) is 13.6. The van der Waals surface area contributed by atoms with E-state index in [1.165, 1.54) is 6.92 Å². The number of Topliss-reactive ketones (excluding diaryl/α,β-unsaturated/α-hetero) is 1. The van der Waals surface area contributed by atoms with Gasteiger partial charge in [0.05, 0.1) is 0 Å². The molecule has 3 aromatic rings. The molecule has 0 saturated carbocycles. The standard InChI is InChI=1S/C22H22N4O2/c1-3-13-23-20-14-19(25-21(26-20)17-7-5-4-6-8-17)22(28)24-18-11-9-16(10-12-18)15(2)27/h4-12,14H,3,13H2,1-2H3,(H,24,28)(H,23,25,26). The molecular weight excluding hydrogens is 352 g/mol. The van der Waals surface area contributed by atoms with E-state index in [0.717, 1.165) is 18.5 Å². The highest BCUT2D eigenvalue weighted by Crippen LogP contribution is 2.19. The Morgan fingerprint density at radius 1 is 0.964 bits per heavy atom. The maximum absolute atomic E-state index is 12.7. The van der Waals surface area contributed by atoms with Gasteiger partial charge in [-0.25, -0.2) is 9.97 Å². The second-order valence-electron chi connectivity index (χ2n) is 6.34. The summed E-state index contributed by atoms with van der Waals surface area (Å²) < 4.78 is 0. The molecule has 0 aliphatic rings. The lowest BCUT2D eigenvalue weighted by molar-refractivity contribution is 0.101. The summed E-state index contributed by atoms with van der Waals surface area (Å²) in [6.07, 6.45) is 0.939. The molecule has 28 heavy (non-hydrogen) atoms. The molecular formula is C22H22N4O2. The van der Waals surface area contributed by atoms with E-state index in [0.29, 0.717) is 22.9 Å². The van der Waals surface area contributed by atoms with Crippen LogP contribution in [0, 0.1) is 0 Å². The van der Waals surface area contributed by atoms with Crippen molar-refractivity contribution in [2.75, 3.05) is 17.2 Å². The van der Waals surface area contributed by atoms with Crippen LogP contribution in [0.25, 0.3) is 11.4 Å². The van der Waals surface area contributed by atoms with Crippen molar-refractivity contribution in [3.05, 3.63) is 71.9 Å². The van der Waals surface area contributed by atoms with Gasteiger partial charge in [-0.3, -0.25) is 9.59 Å².